The number of hydrogen-bond donors (Lipinski definition) is 2. The van der Waals surface area contributed by atoms with Crippen molar-refractivity contribution in [2.24, 2.45) is 11.8 Å². The molecule has 2 aromatic rings. The molecule has 2 N–H and O–H groups in total. The van der Waals surface area contributed by atoms with Gasteiger partial charge in [0.1, 0.15) is 4.21 Å². The van der Waals surface area contributed by atoms with Gasteiger partial charge in [-0.25, -0.2) is 13.1 Å². The largest absolute Gasteiger partial charge is 0.326 e. The lowest BCUT2D eigenvalue weighted by Gasteiger charge is -2.27. The molecule has 0 radical (unpaired) electrons. The first-order chi connectivity index (χ1) is 12.8. The van der Waals surface area contributed by atoms with E-state index in [-0.39, 0.29) is 17.7 Å². The molecule has 27 heavy (non-hydrogen) atoms. The molecule has 1 amide bonds. The van der Waals surface area contributed by atoms with Crippen LogP contribution < -0.4 is 10.0 Å². The second-order valence-electron chi connectivity index (χ2n) is 6.63. The topological polar surface area (TPSA) is 75.3 Å². The Balaban J connectivity index is 1.46. The smallest absolute Gasteiger partial charge is 0.250 e. The van der Waals surface area contributed by atoms with Crippen LogP contribution in [0.5, 0.6) is 0 Å². The fourth-order valence-electron chi connectivity index (χ4n) is 3.18. The third kappa shape index (κ3) is 5.77. The fraction of sp³-hybridized carbons (Fsp3) is 0.389. The predicted molar refractivity (Wildman–Crippen MR) is 113 cm³/mol. The molecule has 1 aromatic heterocycles. The molecule has 0 bridgehead atoms. The lowest BCUT2D eigenvalue weighted by atomic mass is 9.81. The number of thiophene rings is 1. The third-order valence-corrected chi connectivity index (χ3v) is 8.46. The van der Waals surface area contributed by atoms with Crippen molar-refractivity contribution in [3.05, 3.63) is 45.2 Å². The lowest BCUT2D eigenvalue weighted by molar-refractivity contribution is -0.121. The van der Waals surface area contributed by atoms with Crippen LogP contribution in [0.4, 0.5) is 5.69 Å². The molecule has 0 spiro atoms. The summed E-state index contributed by atoms with van der Waals surface area (Å²) in [5.41, 5.74) is 0.699. The predicted octanol–water partition coefficient (Wildman–Crippen LogP) is 4.89. The van der Waals surface area contributed by atoms with Gasteiger partial charge in [0.05, 0.1) is 3.79 Å². The molecular formula is C18H20BrClN2O3S2. The summed E-state index contributed by atoms with van der Waals surface area (Å²) >= 11 is 10.4. The van der Waals surface area contributed by atoms with Crippen LogP contribution in [0.15, 0.2) is 44.4 Å². The van der Waals surface area contributed by atoms with Gasteiger partial charge in [-0.05, 0) is 77.9 Å². The molecule has 0 unspecified atom stereocenters. The molecule has 0 atom stereocenters. The highest BCUT2D eigenvalue weighted by Gasteiger charge is 2.27. The SMILES string of the molecule is O=C(Nc1cccc(Cl)c1)C1CCC(CNS(=O)(=O)c2ccc(Br)s2)CC1. The van der Waals surface area contributed by atoms with Gasteiger partial charge in [0.2, 0.25) is 15.9 Å². The van der Waals surface area contributed by atoms with Crippen LogP contribution in [-0.2, 0) is 14.8 Å². The standard InChI is InChI=1S/C18H20BrClN2O3S2/c19-16-8-9-17(26-16)27(24,25)21-11-12-4-6-13(7-5-12)18(23)22-15-3-1-2-14(20)10-15/h1-3,8-10,12-13,21H,4-7,11H2,(H,22,23). The van der Waals surface area contributed by atoms with E-state index in [1.165, 1.54) is 11.3 Å². The number of carbonyl (C=O) groups is 1. The maximum atomic E-state index is 12.4. The van der Waals surface area contributed by atoms with Gasteiger partial charge in [-0.3, -0.25) is 4.79 Å². The van der Waals surface area contributed by atoms with Crippen LogP contribution in [0.2, 0.25) is 5.02 Å². The van der Waals surface area contributed by atoms with Gasteiger partial charge in [0.15, 0.2) is 0 Å². The Hall–Kier alpha value is -0.930. The zero-order valence-corrected chi connectivity index (χ0v) is 18.4. The Morgan fingerprint density at radius 3 is 2.56 bits per heavy atom. The van der Waals surface area contributed by atoms with Crippen molar-refractivity contribution in [1.82, 2.24) is 4.72 Å². The van der Waals surface area contributed by atoms with E-state index < -0.39 is 10.0 Å². The van der Waals surface area contributed by atoms with Gasteiger partial charge < -0.3 is 5.32 Å². The van der Waals surface area contributed by atoms with Crippen molar-refractivity contribution in [3.8, 4) is 0 Å². The van der Waals surface area contributed by atoms with Gasteiger partial charge in [0.25, 0.3) is 0 Å². The van der Waals surface area contributed by atoms with E-state index in [1.54, 1.807) is 30.3 Å². The summed E-state index contributed by atoms with van der Waals surface area (Å²) in [5, 5.41) is 3.49. The summed E-state index contributed by atoms with van der Waals surface area (Å²) in [6.45, 7) is 0.403. The summed E-state index contributed by atoms with van der Waals surface area (Å²) in [6, 6.07) is 10.4. The fourth-order valence-corrected chi connectivity index (χ4v) is 6.54. The molecule has 1 fully saturated rings. The maximum absolute atomic E-state index is 12.4. The van der Waals surface area contributed by atoms with E-state index in [0.717, 1.165) is 29.5 Å². The highest BCUT2D eigenvalue weighted by atomic mass is 79.9. The average Bonchev–Trinajstić information content (AvgIpc) is 3.08. The molecule has 146 valence electrons. The minimum atomic E-state index is -3.47. The molecule has 0 aliphatic heterocycles. The van der Waals surface area contributed by atoms with Gasteiger partial charge in [0, 0.05) is 23.2 Å². The molecule has 9 heteroatoms. The number of anilines is 1. The van der Waals surface area contributed by atoms with Crippen molar-refractivity contribution in [2.75, 3.05) is 11.9 Å². The number of amides is 1. The Morgan fingerprint density at radius 2 is 1.93 bits per heavy atom. The molecule has 1 heterocycles. The number of hydrogen-bond acceptors (Lipinski definition) is 4. The Morgan fingerprint density at radius 1 is 1.19 bits per heavy atom. The molecule has 1 aliphatic carbocycles. The summed E-state index contributed by atoms with van der Waals surface area (Å²) in [5.74, 6) is 0.197. The zero-order valence-electron chi connectivity index (χ0n) is 14.5. The van der Waals surface area contributed by atoms with Crippen LogP contribution in [-0.4, -0.2) is 20.9 Å². The molecule has 3 rings (SSSR count). The number of rotatable bonds is 6. The Bertz CT molecular complexity index is 909. The van der Waals surface area contributed by atoms with Crippen molar-refractivity contribution in [2.45, 2.75) is 29.9 Å². The van der Waals surface area contributed by atoms with Crippen LogP contribution in [0.25, 0.3) is 0 Å². The van der Waals surface area contributed by atoms with Gasteiger partial charge in [-0.2, -0.15) is 0 Å². The molecule has 1 aromatic carbocycles. The summed E-state index contributed by atoms with van der Waals surface area (Å²) in [4.78, 5) is 12.4. The Labute approximate surface area is 176 Å². The first kappa shape index (κ1) is 20.8. The number of benzene rings is 1. The lowest BCUT2D eigenvalue weighted by Crippen LogP contribution is -2.33. The van der Waals surface area contributed by atoms with Crippen molar-refractivity contribution in [1.29, 1.82) is 0 Å². The van der Waals surface area contributed by atoms with Crippen molar-refractivity contribution >= 4 is 60.5 Å². The first-order valence-corrected chi connectivity index (χ1v) is 12.1. The van der Waals surface area contributed by atoms with Crippen LogP contribution in [0.1, 0.15) is 25.7 Å². The van der Waals surface area contributed by atoms with Crippen LogP contribution >= 0.6 is 38.9 Å². The van der Waals surface area contributed by atoms with E-state index >= 15 is 0 Å². The minimum Gasteiger partial charge on any atom is -0.326 e. The summed E-state index contributed by atoms with van der Waals surface area (Å²) < 4.78 is 28.4. The molecule has 1 aliphatic rings. The van der Waals surface area contributed by atoms with E-state index in [2.05, 4.69) is 26.0 Å². The maximum Gasteiger partial charge on any atom is 0.250 e. The van der Waals surface area contributed by atoms with E-state index in [4.69, 9.17) is 11.6 Å². The number of nitrogens with one attached hydrogen (secondary N) is 2. The molecule has 0 saturated heterocycles. The summed E-state index contributed by atoms with van der Waals surface area (Å²) in [7, 11) is -3.47. The van der Waals surface area contributed by atoms with Gasteiger partial charge in [-0.1, -0.05) is 17.7 Å². The number of carbonyl (C=O) groups excluding carboxylic acids is 1. The van der Waals surface area contributed by atoms with Crippen molar-refractivity contribution < 1.29 is 13.2 Å². The minimum absolute atomic E-state index is 0.000247. The molecule has 1 saturated carbocycles. The molecular weight excluding hydrogens is 472 g/mol. The van der Waals surface area contributed by atoms with Gasteiger partial charge in [-0.15, -0.1) is 11.3 Å². The normalized spacial score (nSPS) is 20.4. The quantitative estimate of drug-likeness (QED) is 0.604. The summed E-state index contributed by atoms with van der Waals surface area (Å²) in [6.07, 6.45) is 3.15. The van der Waals surface area contributed by atoms with Crippen LogP contribution in [0, 0.1) is 11.8 Å². The van der Waals surface area contributed by atoms with Crippen LogP contribution in [0.3, 0.4) is 0 Å². The number of sulfonamides is 1. The van der Waals surface area contributed by atoms with Gasteiger partial charge >= 0.3 is 0 Å². The first-order valence-electron chi connectivity index (χ1n) is 8.65. The average molecular weight is 492 g/mol. The Kier molecular flexibility index (Phi) is 6.97. The van der Waals surface area contributed by atoms with E-state index in [0.29, 0.717) is 21.5 Å². The van der Waals surface area contributed by atoms with E-state index in [1.807, 2.05) is 6.07 Å². The second-order valence-corrected chi connectivity index (χ2v) is 11.5. The third-order valence-electron chi connectivity index (χ3n) is 4.69. The highest BCUT2D eigenvalue weighted by Crippen LogP contribution is 2.30. The highest BCUT2D eigenvalue weighted by molar-refractivity contribution is 9.11. The van der Waals surface area contributed by atoms with E-state index in [9.17, 15) is 13.2 Å². The monoisotopic (exact) mass is 490 g/mol. The van der Waals surface area contributed by atoms with Crippen molar-refractivity contribution in [3.63, 3.8) is 0 Å². The molecule has 5 nitrogen and oxygen atoms in total. The second kappa shape index (κ2) is 9.05. The number of halogens is 2. The zero-order chi connectivity index (χ0) is 19.4.